The predicted molar refractivity (Wildman–Crippen MR) is 228 cm³/mol. The SMILES string of the molecule is CC1(C)c2ccccc2-c2cc(N(c3ccc(-c4cc(-c5cccnc5)cc(-c5cccnc5)c4)cc3)c3ccc4c(c3)-c3ccccc3C4(C)C)ccc21. The Labute approximate surface area is 323 Å². The van der Waals surface area contributed by atoms with E-state index in [-0.39, 0.29) is 10.8 Å². The van der Waals surface area contributed by atoms with Gasteiger partial charge in [-0.25, -0.2) is 0 Å². The van der Waals surface area contributed by atoms with Crippen LogP contribution in [0.4, 0.5) is 17.1 Å². The van der Waals surface area contributed by atoms with E-state index in [0.29, 0.717) is 0 Å². The molecule has 3 heteroatoms. The van der Waals surface area contributed by atoms with Crippen LogP contribution in [0.15, 0.2) is 176 Å². The number of nitrogens with zero attached hydrogens (tertiary/aromatic N) is 3. The van der Waals surface area contributed by atoms with Crippen molar-refractivity contribution in [1.29, 1.82) is 0 Å². The van der Waals surface area contributed by atoms with Gasteiger partial charge >= 0.3 is 0 Å². The van der Waals surface area contributed by atoms with E-state index in [1.54, 1.807) is 0 Å². The van der Waals surface area contributed by atoms with Gasteiger partial charge in [-0.15, -0.1) is 0 Å². The van der Waals surface area contributed by atoms with Crippen molar-refractivity contribution in [3.8, 4) is 55.6 Å². The molecule has 2 heterocycles. The van der Waals surface area contributed by atoms with Crippen LogP contribution in [0, 0.1) is 0 Å². The Balaban J connectivity index is 1.12. The average Bonchev–Trinajstić information content (AvgIpc) is 3.60. The first-order valence-electron chi connectivity index (χ1n) is 19.1. The van der Waals surface area contributed by atoms with Crippen LogP contribution in [0.3, 0.4) is 0 Å². The van der Waals surface area contributed by atoms with Crippen molar-refractivity contribution < 1.29 is 0 Å². The van der Waals surface area contributed by atoms with Crippen molar-refractivity contribution in [1.82, 2.24) is 9.97 Å². The van der Waals surface area contributed by atoms with E-state index >= 15 is 0 Å². The molecule has 2 aliphatic rings. The Kier molecular flexibility index (Phi) is 7.50. The second-order valence-corrected chi connectivity index (χ2v) is 16.0. The number of aromatic nitrogens is 2. The third kappa shape index (κ3) is 5.33. The molecule has 8 aromatic rings. The summed E-state index contributed by atoms with van der Waals surface area (Å²) in [6.45, 7) is 9.38. The monoisotopic (exact) mass is 707 g/mol. The van der Waals surface area contributed by atoms with Crippen LogP contribution in [-0.2, 0) is 10.8 Å². The van der Waals surface area contributed by atoms with E-state index in [2.05, 4.69) is 182 Å². The quantitative estimate of drug-likeness (QED) is 0.172. The van der Waals surface area contributed by atoms with Crippen molar-refractivity contribution in [2.45, 2.75) is 38.5 Å². The van der Waals surface area contributed by atoms with E-state index in [9.17, 15) is 0 Å². The third-order valence-corrected chi connectivity index (χ3v) is 12.0. The fraction of sp³-hybridized carbons (Fsp3) is 0.115. The molecule has 0 atom stereocenters. The lowest BCUT2D eigenvalue weighted by molar-refractivity contribution is 0.660. The van der Waals surface area contributed by atoms with Crippen LogP contribution < -0.4 is 4.90 Å². The normalized spacial score (nSPS) is 14.1. The first-order valence-corrected chi connectivity index (χ1v) is 19.1. The van der Waals surface area contributed by atoms with Crippen LogP contribution in [0.25, 0.3) is 55.6 Å². The highest BCUT2D eigenvalue weighted by Gasteiger charge is 2.37. The Morgan fingerprint density at radius 2 is 0.764 bits per heavy atom. The Hall–Kier alpha value is -6.58. The highest BCUT2D eigenvalue weighted by atomic mass is 15.1. The minimum atomic E-state index is -0.0567. The largest absolute Gasteiger partial charge is 0.310 e. The van der Waals surface area contributed by atoms with Gasteiger partial charge < -0.3 is 4.90 Å². The van der Waals surface area contributed by atoms with E-state index in [1.165, 1.54) is 44.5 Å². The van der Waals surface area contributed by atoms with Crippen molar-refractivity contribution in [2.24, 2.45) is 0 Å². The van der Waals surface area contributed by atoms with E-state index in [0.717, 1.165) is 50.4 Å². The van der Waals surface area contributed by atoms with Gasteiger partial charge in [-0.3, -0.25) is 9.97 Å². The average molecular weight is 708 g/mol. The van der Waals surface area contributed by atoms with E-state index in [1.807, 2.05) is 36.9 Å². The topological polar surface area (TPSA) is 29.0 Å². The molecule has 2 aliphatic carbocycles. The first kappa shape index (κ1) is 33.0. The number of anilines is 3. The Morgan fingerprint density at radius 1 is 0.345 bits per heavy atom. The molecule has 0 saturated carbocycles. The summed E-state index contributed by atoms with van der Waals surface area (Å²) in [5.74, 6) is 0. The summed E-state index contributed by atoms with van der Waals surface area (Å²) in [6, 6.07) is 55.9. The standard InChI is InChI=1S/C52H41N3/c1-51(2)47-15-7-5-13-43(47)45-30-41(21-23-49(45)51)55(42-22-24-50-46(31-42)44-14-6-8-16-48(44)52(50,3)4)40-19-17-34(18-20-40)37-27-38(35-11-9-25-53-32-35)29-39(28-37)36-12-10-26-54-33-36/h5-33H,1-4H3. The number of hydrogen-bond acceptors (Lipinski definition) is 3. The molecule has 6 aromatic carbocycles. The molecule has 0 aliphatic heterocycles. The van der Waals surface area contributed by atoms with Gasteiger partial charge in [0.25, 0.3) is 0 Å². The van der Waals surface area contributed by atoms with Gasteiger partial charge in [0.15, 0.2) is 0 Å². The van der Waals surface area contributed by atoms with Gasteiger partial charge in [0.1, 0.15) is 0 Å². The molecule has 0 saturated heterocycles. The molecule has 2 aromatic heterocycles. The third-order valence-electron chi connectivity index (χ3n) is 12.0. The zero-order chi connectivity index (χ0) is 37.3. The molecular weight excluding hydrogens is 667 g/mol. The van der Waals surface area contributed by atoms with Crippen molar-refractivity contribution in [3.05, 3.63) is 199 Å². The molecule has 0 N–H and O–H groups in total. The first-order chi connectivity index (χ1) is 26.8. The van der Waals surface area contributed by atoms with Crippen LogP contribution >= 0.6 is 0 Å². The lowest BCUT2D eigenvalue weighted by Crippen LogP contribution is -2.16. The summed E-state index contributed by atoms with van der Waals surface area (Å²) in [5.41, 5.74) is 20.7. The summed E-state index contributed by atoms with van der Waals surface area (Å²) in [4.78, 5) is 11.3. The maximum atomic E-state index is 4.42. The maximum Gasteiger partial charge on any atom is 0.0468 e. The second kappa shape index (κ2) is 12.5. The number of pyridine rings is 2. The van der Waals surface area contributed by atoms with Crippen LogP contribution in [0.5, 0.6) is 0 Å². The highest BCUT2D eigenvalue weighted by molar-refractivity contribution is 5.90. The summed E-state index contributed by atoms with van der Waals surface area (Å²) >= 11 is 0. The molecule has 55 heavy (non-hydrogen) atoms. The van der Waals surface area contributed by atoms with Crippen molar-refractivity contribution in [3.63, 3.8) is 0 Å². The summed E-state index contributed by atoms with van der Waals surface area (Å²) < 4.78 is 0. The van der Waals surface area contributed by atoms with Crippen molar-refractivity contribution in [2.75, 3.05) is 4.90 Å². The number of fused-ring (bicyclic) bond motifs is 6. The maximum absolute atomic E-state index is 4.42. The minimum Gasteiger partial charge on any atom is -0.310 e. The van der Waals surface area contributed by atoms with Gasteiger partial charge in [0.05, 0.1) is 0 Å². The minimum absolute atomic E-state index is 0.0567. The Morgan fingerprint density at radius 3 is 1.22 bits per heavy atom. The van der Waals surface area contributed by atoms with Gasteiger partial charge in [-0.1, -0.05) is 113 Å². The molecule has 0 fully saturated rings. The van der Waals surface area contributed by atoms with Gasteiger partial charge in [0, 0.05) is 63.8 Å². The molecule has 0 amide bonds. The second-order valence-electron chi connectivity index (χ2n) is 16.0. The highest BCUT2D eigenvalue weighted by Crippen LogP contribution is 2.53. The summed E-state index contributed by atoms with van der Waals surface area (Å²) in [6.07, 6.45) is 7.50. The van der Waals surface area contributed by atoms with Gasteiger partial charge in [-0.2, -0.15) is 0 Å². The molecule has 10 rings (SSSR count). The van der Waals surface area contributed by atoms with E-state index < -0.39 is 0 Å². The summed E-state index contributed by atoms with van der Waals surface area (Å²) in [5, 5.41) is 0. The zero-order valence-corrected chi connectivity index (χ0v) is 31.6. The molecule has 0 radical (unpaired) electrons. The lowest BCUT2D eigenvalue weighted by Gasteiger charge is -2.28. The lowest BCUT2D eigenvalue weighted by atomic mass is 9.82. The molecule has 0 spiro atoms. The number of rotatable bonds is 6. The number of benzene rings is 6. The smallest absolute Gasteiger partial charge is 0.0468 e. The van der Waals surface area contributed by atoms with Crippen LogP contribution in [0.2, 0.25) is 0 Å². The number of hydrogen-bond donors (Lipinski definition) is 0. The molecular formula is C52H41N3. The predicted octanol–water partition coefficient (Wildman–Crippen LogP) is 13.6. The Bertz CT molecular complexity index is 2580. The van der Waals surface area contributed by atoms with Gasteiger partial charge in [-0.05, 0) is 133 Å². The fourth-order valence-electron chi connectivity index (χ4n) is 9.14. The zero-order valence-electron chi connectivity index (χ0n) is 31.6. The fourth-order valence-corrected chi connectivity index (χ4v) is 9.14. The van der Waals surface area contributed by atoms with Crippen LogP contribution in [-0.4, -0.2) is 9.97 Å². The van der Waals surface area contributed by atoms with Gasteiger partial charge in [0.2, 0.25) is 0 Å². The summed E-state index contributed by atoms with van der Waals surface area (Å²) in [7, 11) is 0. The van der Waals surface area contributed by atoms with Crippen LogP contribution in [0.1, 0.15) is 49.9 Å². The molecule has 0 bridgehead atoms. The van der Waals surface area contributed by atoms with E-state index in [4.69, 9.17) is 0 Å². The van der Waals surface area contributed by atoms with Crippen molar-refractivity contribution >= 4 is 17.1 Å². The molecule has 3 nitrogen and oxygen atoms in total. The molecule has 264 valence electrons. The molecule has 0 unspecified atom stereocenters.